The van der Waals surface area contributed by atoms with Crippen LogP contribution in [0.2, 0.25) is 0 Å². The Morgan fingerprint density at radius 3 is 2.56 bits per heavy atom. The Hall–Kier alpha value is -2.62. The Kier molecular flexibility index (Phi) is 5.83. The van der Waals surface area contributed by atoms with Crippen molar-refractivity contribution in [2.45, 2.75) is 32.6 Å². The zero-order valence-corrected chi connectivity index (χ0v) is 14.6. The zero-order chi connectivity index (χ0) is 17.5. The third-order valence-corrected chi connectivity index (χ3v) is 4.42. The summed E-state index contributed by atoms with van der Waals surface area (Å²) in [4.78, 5) is 11.9. The average Bonchev–Trinajstić information content (AvgIpc) is 2.66. The minimum Gasteiger partial charge on any atom is -0.484 e. The van der Waals surface area contributed by atoms with E-state index in [0.29, 0.717) is 11.7 Å². The van der Waals surface area contributed by atoms with Gasteiger partial charge in [0.05, 0.1) is 0 Å². The lowest BCUT2D eigenvalue weighted by Crippen LogP contribution is -2.27. The Bertz CT molecular complexity index is 723. The number of nitrogens with zero attached hydrogens (tertiary/aromatic N) is 1. The maximum atomic E-state index is 11.9. The second-order valence-corrected chi connectivity index (χ2v) is 6.59. The quantitative estimate of drug-likeness (QED) is 0.822. The van der Waals surface area contributed by atoms with Crippen LogP contribution in [0.4, 0.5) is 0 Å². The lowest BCUT2D eigenvalue weighted by molar-refractivity contribution is -0.123. The molecular weight excluding hydrogens is 312 g/mol. The van der Waals surface area contributed by atoms with E-state index >= 15 is 0 Å². The largest absolute Gasteiger partial charge is 0.484 e. The molecule has 1 saturated carbocycles. The molecule has 0 bridgehead atoms. The van der Waals surface area contributed by atoms with E-state index in [-0.39, 0.29) is 12.5 Å². The summed E-state index contributed by atoms with van der Waals surface area (Å²) in [5, 5.41) is 4.24. The summed E-state index contributed by atoms with van der Waals surface area (Å²) in [5.41, 5.74) is 5.96. The Morgan fingerprint density at radius 2 is 1.84 bits per heavy atom. The monoisotopic (exact) mass is 336 g/mol. The molecule has 1 aliphatic carbocycles. The third kappa shape index (κ3) is 5.18. The maximum Gasteiger partial charge on any atom is 0.277 e. The highest BCUT2D eigenvalue weighted by molar-refractivity contribution is 5.87. The maximum absolute atomic E-state index is 11.9. The molecule has 1 amide bonds. The molecule has 4 nitrogen and oxygen atoms in total. The van der Waals surface area contributed by atoms with Crippen LogP contribution in [0.3, 0.4) is 0 Å². The van der Waals surface area contributed by atoms with Crippen molar-refractivity contribution in [2.24, 2.45) is 11.0 Å². The molecule has 0 aromatic heterocycles. The Morgan fingerprint density at radius 1 is 1.12 bits per heavy atom. The van der Waals surface area contributed by atoms with Crippen molar-refractivity contribution in [3.63, 3.8) is 0 Å². The molecule has 1 N–H and O–H groups in total. The predicted molar refractivity (Wildman–Crippen MR) is 101 cm³/mol. The predicted octanol–water partition coefficient (Wildman–Crippen LogP) is 4.41. The van der Waals surface area contributed by atoms with Gasteiger partial charge in [-0.1, -0.05) is 49.4 Å². The van der Waals surface area contributed by atoms with Gasteiger partial charge in [-0.15, -0.1) is 0 Å². The molecule has 1 atom stereocenters. The lowest BCUT2D eigenvalue weighted by atomic mass is 9.89. The van der Waals surface area contributed by atoms with Crippen LogP contribution < -0.4 is 10.2 Å². The summed E-state index contributed by atoms with van der Waals surface area (Å²) in [6.45, 7) is 2.19. The number of ether oxygens (including phenoxy) is 1. The highest BCUT2D eigenvalue weighted by atomic mass is 16.5. The van der Waals surface area contributed by atoms with Crippen LogP contribution in [0, 0.1) is 5.92 Å². The van der Waals surface area contributed by atoms with Crippen molar-refractivity contribution in [3.8, 4) is 16.9 Å². The molecule has 25 heavy (non-hydrogen) atoms. The van der Waals surface area contributed by atoms with Crippen LogP contribution in [0.25, 0.3) is 11.1 Å². The van der Waals surface area contributed by atoms with E-state index in [9.17, 15) is 4.79 Å². The summed E-state index contributed by atoms with van der Waals surface area (Å²) in [6, 6.07) is 17.9. The van der Waals surface area contributed by atoms with Crippen molar-refractivity contribution in [3.05, 3.63) is 54.6 Å². The van der Waals surface area contributed by atoms with Crippen molar-refractivity contribution in [1.29, 1.82) is 0 Å². The molecule has 4 heteroatoms. The van der Waals surface area contributed by atoms with Crippen molar-refractivity contribution in [2.75, 3.05) is 6.61 Å². The SMILES string of the molecule is CC1CCC/C(=N\NC(=O)COc2ccc(-c3ccccc3)cc2)C1. The number of benzene rings is 2. The van der Waals surface area contributed by atoms with Gasteiger partial charge < -0.3 is 4.74 Å². The van der Waals surface area contributed by atoms with Gasteiger partial charge in [-0.05, 0) is 54.9 Å². The van der Waals surface area contributed by atoms with Crippen LogP contribution in [-0.4, -0.2) is 18.2 Å². The van der Waals surface area contributed by atoms with Crippen molar-refractivity contribution < 1.29 is 9.53 Å². The minimum absolute atomic E-state index is 0.0307. The fraction of sp³-hybridized carbons (Fsp3) is 0.333. The number of hydrogen-bond donors (Lipinski definition) is 1. The van der Waals surface area contributed by atoms with Crippen LogP contribution in [0.5, 0.6) is 5.75 Å². The van der Waals surface area contributed by atoms with E-state index in [2.05, 4.69) is 29.6 Å². The van der Waals surface area contributed by atoms with Gasteiger partial charge in [-0.3, -0.25) is 4.79 Å². The van der Waals surface area contributed by atoms with E-state index in [1.165, 1.54) is 6.42 Å². The topological polar surface area (TPSA) is 50.7 Å². The Balaban J connectivity index is 1.48. The van der Waals surface area contributed by atoms with E-state index in [0.717, 1.165) is 36.1 Å². The first-order chi connectivity index (χ1) is 12.2. The molecule has 1 unspecified atom stereocenters. The second kappa shape index (κ2) is 8.47. The number of rotatable bonds is 5. The molecule has 2 aromatic carbocycles. The highest BCUT2D eigenvalue weighted by Gasteiger charge is 2.14. The van der Waals surface area contributed by atoms with Crippen LogP contribution in [0.15, 0.2) is 59.7 Å². The summed E-state index contributed by atoms with van der Waals surface area (Å²) in [7, 11) is 0. The molecule has 2 aromatic rings. The summed E-state index contributed by atoms with van der Waals surface area (Å²) < 4.78 is 5.54. The number of amides is 1. The summed E-state index contributed by atoms with van der Waals surface area (Å²) in [5.74, 6) is 1.11. The van der Waals surface area contributed by atoms with E-state index in [1.54, 1.807) is 0 Å². The molecule has 1 fully saturated rings. The first kappa shape index (κ1) is 17.2. The molecule has 0 radical (unpaired) electrons. The lowest BCUT2D eigenvalue weighted by Gasteiger charge is -2.18. The first-order valence-corrected chi connectivity index (χ1v) is 8.83. The smallest absolute Gasteiger partial charge is 0.277 e. The number of nitrogens with one attached hydrogen (secondary N) is 1. The standard InChI is InChI=1S/C21H24N2O2/c1-16-6-5-9-19(14-16)22-23-21(24)15-25-20-12-10-18(11-13-20)17-7-3-2-4-8-17/h2-4,7-8,10-13,16H,5-6,9,14-15H2,1H3,(H,23,24)/b22-19+. The molecular formula is C21H24N2O2. The van der Waals surface area contributed by atoms with Gasteiger partial charge in [-0.2, -0.15) is 5.10 Å². The fourth-order valence-corrected chi connectivity index (χ4v) is 3.06. The van der Waals surface area contributed by atoms with Crippen LogP contribution in [0.1, 0.15) is 32.6 Å². The van der Waals surface area contributed by atoms with Gasteiger partial charge in [-0.25, -0.2) is 5.43 Å². The van der Waals surface area contributed by atoms with Gasteiger partial charge in [0.15, 0.2) is 6.61 Å². The van der Waals surface area contributed by atoms with Crippen LogP contribution >= 0.6 is 0 Å². The van der Waals surface area contributed by atoms with E-state index in [1.807, 2.05) is 42.5 Å². The van der Waals surface area contributed by atoms with Gasteiger partial charge in [0.2, 0.25) is 0 Å². The normalized spacial score (nSPS) is 18.8. The fourth-order valence-electron chi connectivity index (χ4n) is 3.06. The van der Waals surface area contributed by atoms with Gasteiger partial charge in [0, 0.05) is 5.71 Å². The zero-order valence-electron chi connectivity index (χ0n) is 14.6. The molecule has 0 saturated heterocycles. The second-order valence-electron chi connectivity index (χ2n) is 6.59. The van der Waals surface area contributed by atoms with Gasteiger partial charge in [0.1, 0.15) is 5.75 Å². The minimum atomic E-state index is -0.224. The van der Waals surface area contributed by atoms with Crippen molar-refractivity contribution >= 4 is 11.6 Å². The van der Waals surface area contributed by atoms with Crippen molar-refractivity contribution in [1.82, 2.24) is 5.43 Å². The Labute approximate surface area is 148 Å². The van der Waals surface area contributed by atoms with E-state index < -0.39 is 0 Å². The number of hydrazone groups is 1. The van der Waals surface area contributed by atoms with Gasteiger partial charge in [0.25, 0.3) is 5.91 Å². The molecule has 1 aliphatic rings. The number of carbonyl (C=O) groups is 1. The highest BCUT2D eigenvalue weighted by Crippen LogP contribution is 2.22. The number of carbonyl (C=O) groups excluding carboxylic acids is 1. The molecule has 3 rings (SSSR count). The van der Waals surface area contributed by atoms with E-state index in [4.69, 9.17) is 4.74 Å². The van der Waals surface area contributed by atoms with Crippen LogP contribution in [-0.2, 0) is 4.79 Å². The number of hydrogen-bond acceptors (Lipinski definition) is 3. The molecule has 0 spiro atoms. The molecule has 0 heterocycles. The summed E-state index contributed by atoms with van der Waals surface area (Å²) in [6.07, 6.45) is 4.35. The van der Waals surface area contributed by atoms with Gasteiger partial charge >= 0.3 is 0 Å². The third-order valence-electron chi connectivity index (χ3n) is 4.42. The first-order valence-electron chi connectivity index (χ1n) is 8.83. The average molecular weight is 336 g/mol. The molecule has 130 valence electrons. The summed E-state index contributed by atoms with van der Waals surface area (Å²) >= 11 is 0. The molecule has 0 aliphatic heterocycles.